The van der Waals surface area contributed by atoms with Crippen molar-refractivity contribution in [2.45, 2.75) is 13.8 Å². The topological polar surface area (TPSA) is 63.1 Å². The average Bonchev–Trinajstić information content (AvgIpc) is 3.17. The molecule has 0 radical (unpaired) electrons. The van der Waals surface area contributed by atoms with Crippen molar-refractivity contribution in [3.63, 3.8) is 0 Å². The second kappa shape index (κ2) is 8.22. The summed E-state index contributed by atoms with van der Waals surface area (Å²) in [6.07, 6.45) is 3.86. The second-order valence-electron chi connectivity index (χ2n) is 6.28. The van der Waals surface area contributed by atoms with Gasteiger partial charge in [0.05, 0.1) is 6.54 Å². The number of nitrogens with zero attached hydrogens (tertiary/aromatic N) is 1. The van der Waals surface area contributed by atoms with Gasteiger partial charge in [-0.05, 0) is 67.4 Å². The van der Waals surface area contributed by atoms with E-state index in [4.69, 9.17) is 0 Å². The summed E-state index contributed by atoms with van der Waals surface area (Å²) in [6, 6.07) is 14.9. The lowest BCUT2D eigenvalue weighted by Gasteiger charge is -2.11. The Balaban J connectivity index is 1.64. The van der Waals surface area contributed by atoms with Crippen molar-refractivity contribution >= 4 is 33.4 Å². The zero-order valence-corrected chi connectivity index (χ0v) is 16.7. The van der Waals surface area contributed by atoms with Crippen LogP contribution in [0, 0.1) is 13.8 Å². The van der Waals surface area contributed by atoms with Gasteiger partial charge in [0.2, 0.25) is 5.91 Å². The van der Waals surface area contributed by atoms with Crippen LogP contribution in [0.4, 0.5) is 5.69 Å². The molecule has 3 aromatic rings. The molecular weight excluding hydrogens is 406 g/mol. The SMILES string of the molecule is Cc1cc(Br)ccc1NC(=O)CNC(=O)c1ccc(C)c(-n2cccc2)c1. The third-order valence-corrected chi connectivity index (χ3v) is 4.72. The molecule has 0 aliphatic rings. The standard InChI is InChI=1S/C21H20BrN3O2/c1-14-5-6-16(12-19(14)25-9-3-4-10-25)21(27)23-13-20(26)24-18-8-7-17(22)11-15(18)2/h3-12H,13H2,1-2H3,(H,23,27)(H,24,26). The number of amides is 2. The fourth-order valence-corrected chi connectivity index (χ4v) is 3.22. The first kappa shape index (κ1) is 18.9. The smallest absolute Gasteiger partial charge is 0.251 e. The summed E-state index contributed by atoms with van der Waals surface area (Å²) in [5, 5.41) is 5.48. The average molecular weight is 426 g/mol. The number of carbonyl (C=O) groups excluding carboxylic acids is 2. The van der Waals surface area contributed by atoms with E-state index in [2.05, 4.69) is 26.6 Å². The van der Waals surface area contributed by atoms with Crippen LogP contribution >= 0.6 is 15.9 Å². The van der Waals surface area contributed by atoms with E-state index in [1.165, 1.54) is 0 Å². The monoisotopic (exact) mass is 425 g/mol. The molecule has 0 atom stereocenters. The Morgan fingerprint density at radius 2 is 1.74 bits per heavy atom. The maximum atomic E-state index is 12.4. The van der Waals surface area contributed by atoms with Gasteiger partial charge in [-0.15, -0.1) is 0 Å². The van der Waals surface area contributed by atoms with E-state index in [1.54, 1.807) is 6.07 Å². The molecule has 0 spiro atoms. The molecule has 6 heteroatoms. The first-order valence-electron chi connectivity index (χ1n) is 8.52. The van der Waals surface area contributed by atoms with E-state index < -0.39 is 0 Å². The van der Waals surface area contributed by atoms with E-state index in [0.717, 1.165) is 27.0 Å². The fraction of sp³-hybridized carbons (Fsp3) is 0.143. The number of benzene rings is 2. The summed E-state index contributed by atoms with van der Waals surface area (Å²) in [7, 11) is 0. The number of hydrogen-bond acceptors (Lipinski definition) is 2. The minimum Gasteiger partial charge on any atom is -0.343 e. The van der Waals surface area contributed by atoms with Gasteiger partial charge in [0.1, 0.15) is 0 Å². The number of aryl methyl sites for hydroxylation is 2. The van der Waals surface area contributed by atoms with Crippen LogP contribution < -0.4 is 10.6 Å². The molecule has 2 N–H and O–H groups in total. The van der Waals surface area contributed by atoms with Crippen LogP contribution in [0.2, 0.25) is 0 Å². The van der Waals surface area contributed by atoms with E-state index in [1.807, 2.05) is 73.3 Å². The van der Waals surface area contributed by atoms with Crippen LogP contribution in [0.3, 0.4) is 0 Å². The first-order valence-corrected chi connectivity index (χ1v) is 9.31. The van der Waals surface area contributed by atoms with E-state index in [-0.39, 0.29) is 18.4 Å². The molecule has 0 saturated carbocycles. The molecule has 0 bridgehead atoms. The summed E-state index contributed by atoms with van der Waals surface area (Å²) < 4.78 is 2.90. The molecule has 2 amide bonds. The number of halogens is 1. The molecule has 0 fully saturated rings. The van der Waals surface area contributed by atoms with Crippen LogP contribution in [0.1, 0.15) is 21.5 Å². The molecule has 27 heavy (non-hydrogen) atoms. The number of rotatable bonds is 5. The zero-order chi connectivity index (χ0) is 19.4. The van der Waals surface area contributed by atoms with Gasteiger partial charge < -0.3 is 15.2 Å². The predicted molar refractivity (Wildman–Crippen MR) is 110 cm³/mol. The molecule has 0 saturated heterocycles. The summed E-state index contributed by atoms with van der Waals surface area (Å²) in [5.41, 5.74) is 4.17. The molecule has 5 nitrogen and oxygen atoms in total. The van der Waals surface area contributed by atoms with Gasteiger partial charge in [0.25, 0.3) is 5.91 Å². The fourth-order valence-electron chi connectivity index (χ4n) is 2.75. The molecule has 0 aliphatic carbocycles. The Kier molecular flexibility index (Phi) is 5.76. The van der Waals surface area contributed by atoms with Crippen LogP contribution in [0.5, 0.6) is 0 Å². The lowest BCUT2D eigenvalue weighted by Crippen LogP contribution is -2.33. The lowest BCUT2D eigenvalue weighted by molar-refractivity contribution is -0.115. The Bertz CT molecular complexity index is 981. The largest absolute Gasteiger partial charge is 0.343 e. The Morgan fingerprint density at radius 3 is 2.44 bits per heavy atom. The second-order valence-corrected chi connectivity index (χ2v) is 7.20. The molecule has 3 rings (SSSR count). The minimum absolute atomic E-state index is 0.0962. The Morgan fingerprint density at radius 1 is 1.00 bits per heavy atom. The molecule has 1 heterocycles. The van der Waals surface area contributed by atoms with Crippen LogP contribution in [-0.4, -0.2) is 22.9 Å². The van der Waals surface area contributed by atoms with Crippen molar-refractivity contribution < 1.29 is 9.59 Å². The molecule has 1 aromatic heterocycles. The molecule has 138 valence electrons. The summed E-state index contributed by atoms with van der Waals surface area (Å²) in [4.78, 5) is 24.6. The van der Waals surface area contributed by atoms with E-state index in [0.29, 0.717) is 5.56 Å². The molecule has 0 unspecified atom stereocenters. The van der Waals surface area contributed by atoms with Crippen molar-refractivity contribution in [2.24, 2.45) is 0 Å². The van der Waals surface area contributed by atoms with Crippen LogP contribution in [-0.2, 0) is 4.79 Å². The zero-order valence-electron chi connectivity index (χ0n) is 15.1. The van der Waals surface area contributed by atoms with Crippen molar-refractivity contribution in [2.75, 3.05) is 11.9 Å². The van der Waals surface area contributed by atoms with Gasteiger partial charge in [0, 0.05) is 33.8 Å². The molecule has 2 aromatic carbocycles. The van der Waals surface area contributed by atoms with Crippen molar-refractivity contribution in [1.29, 1.82) is 0 Å². The maximum absolute atomic E-state index is 12.4. The first-order chi connectivity index (χ1) is 12.9. The quantitative estimate of drug-likeness (QED) is 0.642. The van der Waals surface area contributed by atoms with Crippen LogP contribution in [0.25, 0.3) is 5.69 Å². The highest BCUT2D eigenvalue weighted by Crippen LogP contribution is 2.20. The maximum Gasteiger partial charge on any atom is 0.251 e. The molecule has 0 aliphatic heterocycles. The van der Waals surface area contributed by atoms with Crippen molar-refractivity contribution in [1.82, 2.24) is 9.88 Å². The van der Waals surface area contributed by atoms with Gasteiger partial charge in [-0.25, -0.2) is 0 Å². The highest BCUT2D eigenvalue weighted by molar-refractivity contribution is 9.10. The number of nitrogens with one attached hydrogen (secondary N) is 2. The Labute approximate surface area is 166 Å². The highest BCUT2D eigenvalue weighted by atomic mass is 79.9. The third kappa shape index (κ3) is 4.65. The van der Waals surface area contributed by atoms with Crippen molar-refractivity contribution in [3.05, 3.63) is 82.1 Å². The molecular formula is C21H20BrN3O2. The van der Waals surface area contributed by atoms with Gasteiger partial charge in [-0.1, -0.05) is 22.0 Å². The minimum atomic E-state index is -0.286. The van der Waals surface area contributed by atoms with Gasteiger partial charge in [-0.2, -0.15) is 0 Å². The predicted octanol–water partition coefficient (Wildman–Crippen LogP) is 4.23. The van der Waals surface area contributed by atoms with Gasteiger partial charge in [-0.3, -0.25) is 9.59 Å². The summed E-state index contributed by atoms with van der Waals surface area (Å²) in [5.74, 6) is -0.558. The van der Waals surface area contributed by atoms with Gasteiger partial charge >= 0.3 is 0 Å². The summed E-state index contributed by atoms with van der Waals surface area (Å²) >= 11 is 3.39. The number of carbonyl (C=O) groups is 2. The normalized spacial score (nSPS) is 10.5. The number of hydrogen-bond donors (Lipinski definition) is 2. The van der Waals surface area contributed by atoms with E-state index in [9.17, 15) is 9.59 Å². The van der Waals surface area contributed by atoms with E-state index >= 15 is 0 Å². The van der Waals surface area contributed by atoms with Crippen LogP contribution in [0.15, 0.2) is 65.4 Å². The summed E-state index contributed by atoms with van der Waals surface area (Å²) in [6.45, 7) is 3.81. The number of anilines is 1. The third-order valence-electron chi connectivity index (χ3n) is 4.23. The van der Waals surface area contributed by atoms with Gasteiger partial charge in [0.15, 0.2) is 0 Å². The lowest BCUT2D eigenvalue weighted by atomic mass is 10.1. The number of aromatic nitrogens is 1. The highest BCUT2D eigenvalue weighted by Gasteiger charge is 2.11. The van der Waals surface area contributed by atoms with Crippen molar-refractivity contribution in [3.8, 4) is 5.69 Å². The Hall–Kier alpha value is -2.86.